The molecule has 1 unspecified atom stereocenters. The lowest BCUT2D eigenvalue weighted by molar-refractivity contribution is -0.239. The van der Waals surface area contributed by atoms with Crippen molar-refractivity contribution in [2.24, 2.45) is 4.99 Å². The summed E-state index contributed by atoms with van der Waals surface area (Å²) in [5, 5.41) is 4.50. The lowest BCUT2D eigenvalue weighted by Gasteiger charge is -2.36. The zero-order valence-electron chi connectivity index (χ0n) is 17.5. The van der Waals surface area contributed by atoms with E-state index in [2.05, 4.69) is 15.7 Å². The van der Waals surface area contributed by atoms with Crippen molar-refractivity contribution in [3.8, 4) is 0 Å². The Bertz CT molecular complexity index is 1130. The van der Waals surface area contributed by atoms with Crippen LogP contribution in [0.2, 0.25) is 5.02 Å². The highest BCUT2D eigenvalue weighted by Crippen LogP contribution is 2.47. The SMILES string of the molecule is CN1NC(c2ccccc2)=C2C1=NC=CC2(OCC(=O)NCc1ccc(Cl)cc1)C(F)(F)F. The zero-order valence-corrected chi connectivity index (χ0v) is 18.2. The first kappa shape index (κ1) is 22.9. The predicted octanol–water partition coefficient (Wildman–Crippen LogP) is 4.06. The van der Waals surface area contributed by atoms with E-state index in [0.717, 1.165) is 17.8 Å². The number of carbonyl (C=O) groups is 1. The molecule has 172 valence electrons. The van der Waals surface area contributed by atoms with Gasteiger partial charge in [0.05, 0.1) is 11.3 Å². The van der Waals surface area contributed by atoms with E-state index in [1.165, 1.54) is 5.01 Å². The van der Waals surface area contributed by atoms with Gasteiger partial charge < -0.3 is 10.1 Å². The molecule has 4 rings (SSSR count). The van der Waals surface area contributed by atoms with Gasteiger partial charge in [-0.25, -0.2) is 4.99 Å². The molecule has 0 saturated carbocycles. The number of hydrogen-bond donors (Lipinski definition) is 2. The predicted molar refractivity (Wildman–Crippen MR) is 119 cm³/mol. The fourth-order valence-electron chi connectivity index (χ4n) is 3.64. The Hall–Kier alpha value is -3.30. The van der Waals surface area contributed by atoms with Crippen LogP contribution < -0.4 is 10.7 Å². The third-order valence-electron chi connectivity index (χ3n) is 5.27. The number of rotatable bonds is 6. The molecule has 0 bridgehead atoms. The summed E-state index contributed by atoms with van der Waals surface area (Å²) in [4.78, 5) is 16.5. The van der Waals surface area contributed by atoms with E-state index in [0.29, 0.717) is 10.6 Å². The quantitative estimate of drug-likeness (QED) is 0.660. The van der Waals surface area contributed by atoms with Gasteiger partial charge in [-0.2, -0.15) is 13.2 Å². The second-order valence-electron chi connectivity index (χ2n) is 7.48. The van der Waals surface area contributed by atoms with Crippen LogP contribution in [0.15, 0.2) is 77.4 Å². The molecule has 0 aliphatic carbocycles. The first-order valence-corrected chi connectivity index (χ1v) is 10.4. The number of nitrogens with zero attached hydrogens (tertiary/aromatic N) is 2. The molecule has 2 aliphatic rings. The molecular formula is C23H20ClF3N4O2. The molecule has 0 aromatic heterocycles. The van der Waals surface area contributed by atoms with Crippen LogP contribution in [0.4, 0.5) is 13.2 Å². The summed E-state index contributed by atoms with van der Waals surface area (Å²) in [5.74, 6) is -0.623. The smallest absolute Gasteiger partial charge is 0.350 e. The van der Waals surface area contributed by atoms with Gasteiger partial charge in [0.15, 0.2) is 5.84 Å². The molecule has 0 saturated heterocycles. The molecule has 0 spiro atoms. The number of ether oxygens (including phenoxy) is 1. The second-order valence-corrected chi connectivity index (χ2v) is 7.92. The van der Waals surface area contributed by atoms with Crippen molar-refractivity contribution in [2.75, 3.05) is 13.7 Å². The lowest BCUT2D eigenvalue weighted by Crippen LogP contribution is -2.52. The van der Waals surface area contributed by atoms with Gasteiger partial charge in [-0.15, -0.1) is 0 Å². The Morgan fingerprint density at radius 2 is 1.88 bits per heavy atom. The fraction of sp³-hybridized carbons (Fsp3) is 0.217. The number of amidine groups is 1. The van der Waals surface area contributed by atoms with Crippen LogP contribution in [0.1, 0.15) is 11.1 Å². The highest BCUT2D eigenvalue weighted by atomic mass is 35.5. The minimum Gasteiger partial charge on any atom is -0.350 e. The first-order chi connectivity index (χ1) is 15.7. The minimum absolute atomic E-state index is 0.0650. The monoisotopic (exact) mass is 476 g/mol. The summed E-state index contributed by atoms with van der Waals surface area (Å²) >= 11 is 5.84. The molecule has 1 atom stereocenters. The number of hydrogen-bond acceptors (Lipinski definition) is 5. The van der Waals surface area contributed by atoms with E-state index >= 15 is 0 Å². The summed E-state index contributed by atoms with van der Waals surface area (Å²) in [6, 6.07) is 15.3. The summed E-state index contributed by atoms with van der Waals surface area (Å²) in [5.41, 5.74) is 1.37. The van der Waals surface area contributed by atoms with E-state index in [4.69, 9.17) is 16.3 Å². The number of carbonyl (C=O) groups excluding carboxylic acids is 1. The third kappa shape index (κ3) is 4.46. The first-order valence-electron chi connectivity index (χ1n) is 9.99. The molecule has 33 heavy (non-hydrogen) atoms. The molecule has 2 aromatic rings. The summed E-state index contributed by atoms with van der Waals surface area (Å²) < 4.78 is 49.0. The van der Waals surface area contributed by atoms with E-state index in [1.54, 1.807) is 61.6 Å². The Kier molecular flexibility index (Phi) is 6.18. The van der Waals surface area contributed by atoms with Crippen LogP contribution >= 0.6 is 11.6 Å². The molecule has 2 aromatic carbocycles. The van der Waals surface area contributed by atoms with E-state index in [1.807, 2.05) is 0 Å². The number of benzene rings is 2. The van der Waals surface area contributed by atoms with Crippen molar-refractivity contribution in [2.45, 2.75) is 18.3 Å². The summed E-state index contributed by atoms with van der Waals surface area (Å²) in [6.45, 7) is -0.677. The Morgan fingerprint density at radius 3 is 2.55 bits per heavy atom. The number of halogens is 4. The molecule has 1 amide bonds. The highest BCUT2D eigenvalue weighted by molar-refractivity contribution is 6.30. The van der Waals surface area contributed by atoms with Crippen molar-refractivity contribution in [3.05, 3.63) is 88.6 Å². The average Bonchev–Trinajstić information content (AvgIpc) is 3.14. The fourth-order valence-corrected chi connectivity index (χ4v) is 3.77. The van der Waals surface area contributed by atoms with E-state index in [-0.39, 0.29) is 23.7 Å². The molecule has 0 fully saturated rings. The lowest BCUT2D eigenvalue weighted by atomic mass is 9.87. The Labute approximate surface area is 193 Å². The molecular weight excluding hydrogens is 457 g/mol. The van der Waals surface area contributed by atoms with Gasteiger partial charge in [0.2, 0.25) is 11.5 Å². The number of fused-ring (bicyclic) bond motifs is 1. The maximum absolute atomic E-state index is 14.5. The van der Waals surface area contributed by atoms with Crippen molar-refractivity contribution in [3.63, 3.8) is 0 Å². The van der Waals surface area contributed by atoms with Gasteiger partial charge in [0.1, 0.15) is 6.61 Å². The van der Waals surface area contributed by atoms with Crippen LogP contribution in [0.25, 0.3) is 5.70 Å². The number of likely N-dealkylation sites (N-methyl/N-ethyl adjacent to an activating group) is 1. The number of aliphatic imine (C=N–C) groups is 1. The average molecular weight is 477 g/mol. The number of amides is 1. The van der Waals surface area contributed by atoms with Crippen molar-refractivity contribution in [1.29, 1.82) is 0 Å². The molecule has 0 radical (unpaired) electrons. The third-order valence-corrected chi connectivity index (χ3v) is 5.52. The molecule has 2 N–H and O–H groups in total. The summed E-state index contributed by atoms with van der Waals surface area (Å²) in [7, 11) is 1.56. The van der Waals surface area contributed by atoms with Crippen LogP contribution in [0.5, 0.6) is 0 Å². The Balaban J connectivity index is 1.61. The van der Waals surface area contributed by atoms with Crippen molar-refractivity contribution < 1.29 is 22.7 Å². The number of alkyl halides is 3. The van der Waals surface area contributed by atoms with Gasteiger partial charge in [0.25, 0.3) is 0 Å². The zero-order chi connectivity index (χ0) is 23.6. The van der Waals surface area contributed by atoms with Gasteiger partial charge >= 0.3 is 6.18 Å². The van der Waals surface area contributed by atoms with E-state index in [9.17, 15) is 18.0 Å². The van der Waals surface area contributed by atoms with E-state index < -0.39 is 24.3 Å². The molecule has 2 aliphatic heterocycles. The van der Waals surface area contributed by atoms with Crippen LogP contribution in [0, 0.1) is 0 Å². The number of hydrazine groups is 1. The second kappa shape index (κ2) is 8.92. The normalized spacial score (nSPS) is 19.8. The molecule has 6 nitrogen and oxygen atoms in total. The van der Waals surface area contributed by atoms with Crippen LogP contribution in [-0.2, 0) is 16.1 Å². The highest BCUT2D eigenvalue weighted by Gasteiger charge is 2.62. The number of nitrogens with one attached hydrogen (secondary N) is 2. The standard InChI is InChI=1S/C23H20ClF3N4O2/c1-31-21-19(20(30-31)16-5-3-2-4-6-16)22(11-12-28-21,23(25,26)27)33-14-18(32)29-13-15-7-9-17(24)10-8-15/h2-12,30H,13-14H2,1H3,(H,29,32). The van der Waals surface area contributed by atoms with Crippen molar-refractivity contribution in [1.82, 2.24) is 15.8 Å². The molecule has 10 heteroatoms. The van der Waals surface area contributed by atoms with Gasteiger partial charge in [0, 0.05) is 24.8 Å². The molecule has 2 heterocycles. The maximum Gasteiger partial charge on any atom is 0.425 e. The largest absolute Gasteiger partial charge is 0.425 e. The van der Waals surface area contributed by atoms with Crippen molar-refractivity contribution >= 4 is 29.0 Å². The van der Waals surface area contributed by atoms with Gasteiger partial charge in [-0.3, -0.25) is 15.2 Å². The maximum atomic E-state index is 14.5. The minimum atomic E-state index is -4.86. The Morgan fingerprint density at radius 1 is 1.18 bits per heavy atom. The van der Waals surface area contributed by atoms with Crippen LogP contribution in [-0.4, -0.2) is 42.2 Å². The van der Waals surface area contributed by atoms with Crippen LogP contribution in [0.3, 0.4) is 0 Å². The summed E-state index contributed by atoms with van der Waals surface area (Å²) in [6.07, 6.45) is -2.98. The topological polar surface area (TPSA) is 66.0 Å². The van der Waals surface area contributed by atoms with Gasteiger partial charge in [-0.1, -0.05) is 54.1 Å². The van der Waals surface area contributed by atoms with Gasteiger partial charge in [-0.05, 0) is 29.3 Å².